The lowest BCUT2D eigenvalue weighted by atomic mass is 9.66. The van der Waals surface area contributed by atoms with E-state index in [1.165, 1.54) is 22.3 Å². The molecule has 134 valence electrons. The van der Waals surface area contributed by atoms with Crippen LogP contribution in [0.4, 0.5) is 0 Å². The summed E-state index contributed by atoms with van der Waals surface area (Å²) < 4.78 is 0. The van der Waals surface area contributed by atoms with E-state index < -0.39 is 0 Å². The molecule has 2 N–H and O–H groups in total. The first-order chi connectivity index (χ1) is 12.9. The Bertz CT molecular complexity index is 836. The summed E-state index contributed by atoms with van der Waals surface area (Å²) in [5, 5.41) is 0. The van der Waals surface area contributed by atoms with Crippen LogP contribution in [0.15, 0.2) is 121 Å². The van der Waals surface area contributed by atoms with Gasteiger partial charge in [-0.3, -0.25) is 0 Å². The average Bonchev–Trinajstić information content (AvgIpc) is 2.75. The van der Waals surface area contributed by atoms with E-state index in [1.807, 2.05) is 0 Å². The van der Waals surface area contributed by atoms with Gasteiger partial charge in [-0.1, -0.05) is 121 Å². The Labute approximate surface area is 161 Å². The lowest BCUT2D eigenvalue weighted by Gasteiger charge is -2.36. The van der Waals surface area contributed by atoms with Gasteiger partial charge in [-0.05, 0) is 28.7 Å². The van der Waals surface area contributed by atoms with Gasteiger partial charge in [-0.2, -0.15) is 0 Å². The second-order valence-electron chi connectivity index (χ2n) is 6.67. The van der Waals surface area contributed by atoms with Gasteiger partial charge < -0.3 is 5.48 Å². The zero-order valence-corrected chi connectivity index (χ0v) is 15.3. The molecule has 1 nitrogen and oxygen atoms in total. The fourth-order valence-electron chi connectivity index (χ4n) is 3.88. The maximum absolute atomic E-state index is 2.25. The van der Waals surface area contributed by atoms with Gasteiger partial charge in [0.05, 0.1) is 0 Å². The molecule has 0 spiro atoms. The van der Waals surface area contributed by atoms with E-state index >= 15 is 0 Å². The third kappa shape index (κ3) is 3.69. The Hall–Kier alpha value is -3.16. The molecule has 0 aliphatic carbocycles. The third-order valence-corrected chi connectivity index (χ3v) is 5.11. The molecule has 0 aromatic heterocycles. The fourth-order valence-corrected chi connectivity index (χ4v) is 3.88. The second kappa shape index (κ2) is 8.48. The largest absolute Gasteiger partial charge is 0.412 e. The lowest BCUT2D eigenvalue weighted by Crippen LogP contribution is -2.32. The van der Waals surface area contributed by atoms with Crippen LogP contribution >= 0.6 is 0 Å². The normalized spacial score (nSPS) is 10.8. The molecule has 27 heavy (non-hydrogen) atoms. The minimum atomic E-state index is -0.217. The Morgan fingerprint density at radius 3 is 1.04 bits per heavy atom. The molecule has 0 heterocycles. The highest BCUT2D eigenvalue weighted by Gasteiger charge is 2.36. The van der Waals surface area contributed by atoms with Crippen LogP contribution in [0.5, 0.6) is 0 Å². The SMILES string of the molecule is O.c1ccc(CC(c2ccccc2)(c2ccccc2)c2ccccc2)cc1. The molecule has 0 fully saturated rings. The average molecular weight is 352 g/mol. The van der Waals surface area contributed by atoms with Crippen LogP contribution in [0.2, 0.25) is 0 Å². The van der Waals surface area contributed by atoms with Gasteiger partial charge in [0.2, 0.25) is 0 Å². The number of hydrogen-bond donors (Lipinski definition) is 0. The summed E-state index contributed by atoms with van der Waals surface area (Å²) in [6, 6.07) is 43.4. The minimum absolute atomic E-state index is 0. The standard InChI is InChI=1S/C26H22.H2O/c1-5-13-22(14-6-1)21-26(23-15-7-2-8-16-23,24-17-9-3-10-18-24)25-19-11-4-12-20-25;/h1-20H,21H2;1H2. The monoisotopic (exact) mass is 352 g/mol. The molecule has 0 radical (unpaired) electrons. The quantitative estimate of drug-likeness (QED) is 0.428. The predicted octanol–water partition coefficient (Wildman–Crippen LogP) is 5.44. The Morgan fingerprint density at radius 2 is 0.704 bits per heavy atom. The highest BCUT2D eigenvalue weighted by Crippen LogP contribution is 2.41. The van der Waals surface area contributed by atoms with Gasteiger partial charge in [-0.15, -0.1) is 0 Å². The van der Waals surface area contributed by atoms with Crippen molar-refractivity contribution in [3.05, 3.63) is 144 Å². The smallest absolute Gasteiger partial charge is 0.0491 e. The first-order valence-corrected chi connectivity index (χ1v) is 9.10. The Kier molecular flexibility index (Phi) is 5.85. The maximum atomic E-state index is 2.25. The van der Waals surface area contributed by atoms with Crippen molar-refractivity contribution in [2.45, 2.75) is 11.8 Å². The molecule has 1 heteroatoms. The lowest BCUT2D eigenvalue weighted by molar-refractivity contribution is 0.613. The van der Waals surface area contributed by atoms with E-state index in [2.05, 4.69) is 121 Å². The molecule has 4 rings (SSSR count). The number of hydrogen-bond acceptors (Lipinski definition) is 0. The molecule has 4 aromatic rings. The molecule has 0 aliphatic rings. The van der Waals surface area contributed by atoms with E-state index in [9.17, 15) is 0 Å². The Balaban J connectivity index is 0.00000210. The van der Waals surface area contributed by atoms with Gasteiger partial charge in [0.25, 0.3) is 0 Å². The number of benzene rings is 4. The summed E-state index contributed by atoms with van der Waals surface area (Å²) in [6.45, 7) is 0. The summed E-state index contributed by atoms with van der Waals surface area (Å²) in [5.41, 5.74) is 5.08. The van der Waals surface area contributed by atoms with Crippen LogP contribution in [0.25, 0.3) is 0 Å². The van der Waals surface area contributed by atoms with Gasteiger partial charge in [0.15, 0.2) is 0 Å². The van der Waals surface area contributed by atoms with Gasteiger partial charge in [0, 0.05) is 5.41 Å². The third-order valence-electron chi connectivity index (χ3n) is 5.11. The number of rotatable bonds is 5. The molecule has 0 amide bonds. The summed E-state index contributed by atoms with van der Waals surface area (Å²) in [5.74, 6) is 0. The van der Waals surface area contributed by atoms with Gasteiger partial charge >= 0.3 is 0 Å². The van der Waals surface area contributed by atoms with Crippen LogP contribution in [0.1, 0.15) is 22.3 Å². The molecule has 0 atom stereocenters. The summed E-state index contributed by atoms with van der Waals surface area (Å²) in [4.78, 5) is 0. The molecular weight excluding hydrogens is 328 g/mol. The van der Waals surface area contributed by atoms with Crippen molar-refractivity contribution in [3.8, 4) is 0 Å². The van der Waals surface area contributed by atoms with Crippen LogP contribution in [-0.4, -0.2) is 5.48 Å². The molecule has 0 unspecified atom stereocenters. The van der Waals surface area contributed by atoms with Crippen molar-refractivity contribution in [2.24, 2.45) is 0 Å². The van der Waals surface area contributed by atoms with E-state index in [0.29, 0.717) is 0 Å². The molecule has 0 saturated carbocycles. The fraction of sp³-hybridized carbons (Fsp3) is 0.0769. The topological polar surface area (TPSA) is 31.5 Å². The van der Waals surface area contributed by atoms with Crippen molar-refractivity contribution < 1.29 is 5.48 Å². The molecule has 0 saturated heterocycles. The van der Waals surface area contributed by atoms with Crippen molar-refractivity contribution in [1.29, 1.82) is 0 Å². The van der Waals surface area contributed by atoms with Crippen LogP contribution in [0.3, 0.4) is 0 Å². The van der Waals surface area contributed by atoms with Gasteiger partial charge in [-0.25, -0.2) is 0 Å². The second-order valence-corrected chi connectivity index (χ2v) is 6.67. The highest BCUT2D eigenvalue weighted by molar-refractivity contribution is 5.52. The van der Waals surface area contributed by atoms with E-state index in [-0.39, 0.29) is 10.9 Å². The maximum Gasteiger partial charge on any atom is 0.0491 e. The van der Waals surface area contributed by atoms with Crippen molar-refractivity contribution >= 4 is 0 Å². The predicted molar refractivity (Wildman–Crippen MR) is 113 cm³/mol. The summed E-state index contributed by atoms with van der Waals surface area (Å²) in [6.07, 6.45) is 0.922. The van der Waals surface area contributed by atoms with Crippen molar-refractivity contribution in [1.82, 2.24) is 0 Å². The molecule has 0 bridgehead atoms. The van der Waals surface area contributed by atoms with Crippen molar-refractivity contribution in [3.63, 3.8) is 0 Å². The van der Waals surface area contributed by atoms with Gasteiger partial charge in [0.1, 0.15) is 0 Å². The van der Waals surface area contributed by atoms with Crippen LogP contribution in [0, 0.1) is 0 Å². The first-order valence-electron chi connectivity index (χ1n) is 9.10. The minimum Gasteiger partial charge on any atom is -0.412 e. The van der Waals surface area contributed by atoms with Crippen molar-refractivity contribution in [2.75, 3.05) is 0 Å². The zero-order valence-electron chi connectivity index (χ0n) is 15.3. The van der Waals surface area contributed by atoms with E-state index in [1.54, 1.807) is 0 Å². The molecular formula is C26H24O. The summed E-state index contributed by atoms with van der Waals surface area (Å²) in [7, 11) is 0. The molecule has 0 aliphatic heterocycles. The van der Waals surface area contributed by atoms with E-state index in [4.69, 9.17) is 0 Å². The van der Waals surface area contributed by atoms with E-state index in [0.717, 1.165) is 6.42 Å². The highest BCUT2D eigenvalue weighted by atomic mass is 16.0. The van der Waals surface area contributed by atoms with Crippen LogP contribution < -0.4 is 0 Å². The summed E-state index contributed by atoms with van der Waals surface area (Å²) >= 11 is 0. The molecule has 4 aromatic carbocycles. The zero-order chi connectivity index (χ0) is 17.7. The Morgan fingerprint density at radius 1 is 0.407 bits per heavy atom. The van der Waals surface area contributed by atoms with Crippen LogP contribution in [-0.2, 0) is 11.8 Å². The first kappa shape index (κ1) is 18.6.